The van der Waals surface area contributed by atoms with E-state index in [9.17, 15) is 19.2 Å². The minimum absolute atomic E-state index is 0.137. The van der Waals surface area contributed by atoms with Crippen LogP contribution in [0.15, 0.2) is 42.5 Å². The standard InChI is InChI=1S/C29H32N4O4/c34-22-10-11-25(26(35)14-22)33-28(36)23-4-3-5-24(27(23)29(33)37)30-15-19-6-8-20(9-7-19)16-31-17-21(18-31)32-12-1-2-13-32/h3-9,21,25,30H,1-2,10-18H2. The smallest absolute Gasteiger partial charge is 0.264 e. The first kappa shape index (κ1) is 24.0. The van der Waals surface area contributed by atoms with Crippen LogP contribution in [-0.2, 0) is 22.7 Å². The molecule has 37 heavy (non-hydrogen) atoms. The summed E-state index contributed by atoms with van der Waals surface area (Å²) in [5.74, 6) is -1.42. The van der Waals surface area contributed by atoms with Crippen LogP contribution >= 0.6 is 0 Å². The van der Waals surface area contributed by atoms with Gasteiger partial charge >= 0.3 is 0 Å². The maximum Gasteiger partial charge on any atom is 0.264 e. The summed E-state index contributed by atoms with van der Waals surface area (Å²) in [7, 11) is 0. The van der Waals surface area contributed by atoms with E-state index in [0.29, 0.717) is 23.4 Å². The lowest BCUT2D eigenvalue weighted by Crippen LogP contribution is -2.58. The number of fused-ring (bicyclic) bond motifs is 1. The Bertz CT molecular complexity index is 1250. The Balaban J connectivity index is 1.07. The molecule has 1 N–H and O–H groups in total. The van der Waals surface area contributed by atoms with Crippen LogP contribution in [-0.4, -0.2) is 76.3 Å². The molecule has 3 aliphatic heterocycles. The molecule has 192 valence electrons. The fourth-order valence-corrected chi connectivity index (χ4v) is 6.09. The summed E-state index contributed by atoms with van der Waals surface area (Å²) in [6.07, 6.45) is 2.87. The Labute approximate surface area is 216 Å². The van der Waals surface area contributed by atoms with Gasteiger partial charge in [0.1, 0.15) is 5.78 Å². The van der Waals surface area contributed by atoms with E-state index in [-0.39, 0.29) is 30.8 Å². The number of carbonyl (C=O) groups excluding carboxylic acids is 4. The highest BCUT2D eigenvalue weighted by atomic mass is 16.2. The van der Waals surface area contributed by atoms with E-state index in [1.165, 1.54) is 31.5 Å². The van der Waals surface area contributed by atoms with E-state index < -0.39 is 17.9 Å². The van der Waals surface area contributed by atoms with Crippen molar-refractivity contribution in [2.75, 3.05) is 31.5 Å². The van der Waals surface area contributed by atoms with E-state index in [4.69, 9.17) is 0 Å². The zero-order chi connectivity index (χ0) is 25.5. The number of Topliss-reactive ketones (excluding diaryl/α,β-unsaturated/α-hetero) is 2. The van der Waals surface area contributed by atoms with Crippen molar-refractivity contribution >= 4 is 29.1 Å². The van der Waals surface area contributed by atoms with Gasteiger partial charge in [-0.15, -0.1) is 0 Å². The largest absolute Gasteiger partial charge is 0.380 e. The fraction of sp³-hybridized carbons (Fsp3) is 0.448. The van der Waals surface area contributed by atoms with Crippen LogP contribution in [0.25, 0.3) is 0 Å². The number of hydrogen-bond donors (Lipinski definition) is 1. The number of imide groups is 1. The maximum atomic E-state index is 13.3. The summed E-state index contributed by atoms with van der Waals surface area (Å²) in [4.78, 5) is 56.5. The molecule has 3 heterocycles. The maximum absolute atomic E-state index is 13.3. The Morgan fingerprint density at radius 1 is 0.865 bits per heavy atom. The highest BCUT2D eigenvalue weighted by Crippen LogP contribution is 2.33. The van der Waals surface area contributed by atoms with E-state index in [1.807, 2.05) is 0 Å². The molecular weight excluding hydrogens is 468 g/mol. The molecule has 1 atom stereocenters. The van der Waals surface area contributed by atoms with Gasteiger partial charge < -0.3 is 5.32 Å². The lowest BCUT2D eigenvalue weighted by molar-refractivity contribution is -0.132. The van der Waals surface area contributed by atoms with Gasteiger partial charge in [-0.05, 0) is 55.6 Å². The van der Waals surface area contributed by atoms with Crippen molar-refractivity contribution in [3.8, 4) is 0 Å². The number of ketones is 2. The van der Waals surface area contributed by atoms with Gasteiger partial charge in [0, 0.05) is 44.3 Å². The molecule has 8 nitrogen and oxygen atoms in total. The average Bonchev–Trinajstić information content (AvgIpc) is 3.48. The van der Waals surface area contributed by atoms with Gasteiger partial charge in [-0.2, -0.15) is 0 Å². The molecule has 8 heteroatoms. The molecule has 3 fully saturated rings. The van der Waals surface area contributed by atoms with Crippen molar-refractivity contribution in [1.29, 1.82) is 0 Å². The third-order valence-corrected chi connectivity index (χ3v) is 8.20. The first-order chi connectivity index (χ1) is 18.0. The Kier molecular flexibility index (Phi) is 6.38. The van der Waals surface area contributed by atoms with Crippen molar-refractivity contribution in [1.82, 2.24) is 14.7 Å². The molecule has 0 aromatic heterocycles. The van der Waals surface area contributed by atoms with Crippen LogP contribution in [0.1, 0.15) is 63.9 Å². The van der Waals surface area contributed by atoms with Crippen LogP contribution in [0.4, 0.5) is 5.69 Å². The molecule has 2 aromatic carbocycles. The van der Waals surface area contributed by atoms with Gasteiger partial charge in [0.05, 0.1) is 23.6 Å². The van der Waals surface area contributed by atoms with E-state index in [0.717, 1.165) is 36.1 Å². The molecule has 4 aliphatic rings. The predicted octanol–water partition coefficient (Wildman–Crippen LogP) is 2.87. The van der Waals surface area contributed by atoms with E-state index in [2.05, 4.69) is 39.4 Å². The number of benzene rings is 2. The molecule has 2 saturated heterocycles. The van der Waals surface area contributed by atoms with Crippen LogP contribution in [0, 0.1) is 0 Å². The number of amides is 2. The summed E-state index contributed by atoms with van der Waals surface area (Å²) in [6.45, 7) is 6.27. The number of carbonyl (C=O) groups is 4. The summed E-state index contributed by atoms with van der Waals surface area (Å²) < 4.78 is 0. The molecule has 0 radical (unpaired) electrons. The van der Waals surface area contributed by atoms with E-state index >= 15 is 0 Å². The van der Waals surface area contributed by atoms with Crippen LogP contribution in [0.2, 0.25) is 0 Å². The van der Waals surface area contributed by atoms with Crippen molar-refractivity contribution in [2.24, 2.45) is 0 Å². The molecule has 0 spiro atoms. The van der Waals surface area contributed by atoms with Gasteiger partial charge in [0.2, 0.25) is 0 Å². The first-order valence-corrected chi connectivity index (χ1v) is 13.3. The molecule has 1 aliphatic carbocycles. The Hall–Kier alpha value is -3.36. The van der Waals surface area contributed by atoms with Gasteiger partial charge in [-0.1, -0.05) is 30.3 Å². The van der Waals surface area contributed by atoms with Gasteiger partial charge in [0.25, 0.3) is 11.8 Å². The highest BCUT2D eigenvalue weighted by molar-refractivity contribution is 6.25. The molecular formula is C29H32N4O4. The van der Waals surface area contributed by atoms with E-state index in [1.54, 1.807) is 18.2 Å². The van der Waals surface area contributed by atoms with Gasteiger partial charge in [-0.3, -0.25) is 33.9 Å². The number of rotatable bonds is 7. The SMILES string of the molecule is O=C1CCC(N2C(=O)c3cccc(NCc4ccc(CN5CC(N6CCCC6)C5)cc4)c3C2=O)C(=O)C1. The number of likely N-dealkylation sites (tertiary alicyclic amines) is 2. The van der Waals surface area contributed by atoms with Crippen molar-refractivity contribution in [3.05, 3.63) is 64.7 Å². The average molecular weight is 501 g/mol. The first-order valence-electron chi connectivity index (χ1n) is 13.3. The fourth-order valence-electron chi connectivity index (χ4n) is 6.09. The van der Waals surface area contributed by atoms with Gasteiger partial charge in [0.15, 0.2) is 5.78 Å². The number of anilines is 1. The molecule has 2 aromatic rings. The number of hydrogen-bond acceptors (Lipinski definition) is 7. The summed E-state index contributed by atoms with van der Waals surface area (Å²) in [5.41, 5.74) is 3.55. The molecule has 1 unspecified atom stereocenters. The number of nitrogens with one attached hydrogen (secondary N) is 1. The Morgan fingerprint density at radius 2 is 1.59 bits per heavy atom. The van der Waals surface area contributed by atoms with Crippen LogP contribution < -0.4 is 5.32 Å². The predicted molar refractivity (Wildman–Crippen MR) is 138 cm³/mol. The summed E-state index contributed by atoms with van der Waals surface area (Å²) in [5, 5.41) is 3.32. The third kappa shape index (κ3) is 4.60. The van der Waals surface area contributed by atoms with Crippen LogP contribution in [0.5, 0.6) is 0 Å². The molecule has 2 amide bonds. The molecule has 0 bridgehead atoms. The lowest BCUT2D eigenvalue weighted by atomic mass is 9.92. The zero-order valence-electron chi connectivity index (χ0n) is 20.9. The van der Waals surface area contributed by atoms with Crippen LogP contribution in [0.3, 0.4) is 0 Å². The minimum Gasteiger partial charge on any atom is -0.380 e. The quantitative estimate of drug-likeness (QED) is 0.462. The monoisotopic (exact) mass is 500 g/mol. The highest BCUT2D eigenvalue weighted by Gasteiger charge is 2.45. The second kappa shape index (κ2) is 9.84. The lowest BCUT2D eigenvalue weighted by Gasteiger charge is -2.44. The van der Waals surface area contributed by atoms with Crippen molar-refractivity contribution in [3.63, 3.8) is 0 Å². The summed E-state index contributed by atoms with van der Waals surface area (Å²) in [6, 6.07) is 13.5. The third-order valence-electron chi connectivity index (χ3n) is 8.20. The van der Waals surface area contributed by atoms with Gasteiger partial charge in [-0.25, -0.2) is 0 Å². The normalized spacial score (nSPS) is 23.0. The van der Waals surface area contributed by atoms with Crippen molar-refractivity contribution in [2.45, 2.75) is 57.3 Å². The molecule has 1 saturated carbocycles. The minimum atomic E-state index is -0.859. The summed E-state index contributed by atoms with van der Waals surface area (Å²) >= 11 is 0. The zero-order valence-corrected chi connectivity index (χ0v) is 20.9. The number of nitrogens with zero attached hydrogens (tertiary/aromatic N) is 3. The molecule has 6 rings (SSSR count). The Morgan fingerprint density at radius 3 is 2.32 bits per heavy atom. The second-order valence-corrected chi connectivity index (χ2v) is 10.7. The topological polar surface area (TPSA) is 90.0 Å². The second-order valence-electron chi connectivity index (χ2n) is 10.7. The van der Waals surface area contributed by atoms with Crippen molar-refractivity contribution < 1.29 is 19.2 Å².